The van der Waals surface area contributed by atoms with E-state index in [0.717, 1.165) is 10.7 Å². The molecule has 2 rings (SSSR count). The van der Waals surface area contributed by atoms with E-state index in [1.807, 2.05) is 25.4 Å². The average molecular weight is 190 g/mol. The molecule has 0 saturated carbocycles. The minimum Gasteiger partial charge on any atom is -0.253 e. The molecule has 2 heterocycles. The summed E-state index contributed by atoms with van der Waals surface area (Å²) in [6, 6.07) is 4.06. The highest BCUT2D eigenvalue weighted by atomic mass is 32.1. The zero-order valence-electron chi connectivity index (χ0n) is 7.61. The zero-order chi connectivity index (χ0) is 9.26. The maximum absolute atomic E-state index is 4.31. The van der Waals surface area contributed by atoms with Crippen molar-refractivity contribution < 1.29 is 0 Å². The third-order valence-corrected chi connectivity index (χ3v) is 2.69. The summed E-state index contributed by atoms with van der Waals surface area (Å²) >= 11 is 1.67. The van der Waals surface area contributed by atoms with Crippen LogP contribution < -0.4 is 0 Å². The van der Waals surface area contributed by atoms with Gasteiger partial charge in [0.05, 0.1) is 5.69 Å². The Bertz CT molecular complexity index is 403. The second-order valence-corrected chi connectivity index (χ2v) is 4.23. The Hall–Kier alpha value is -1.22. The van der Waals surface area contributed by atoms with Gasteiger partial charge in [-0.1, -0.05) is 6.07 Å². The van der Waals surface area contributed by atoms with E-state index in [1.165, 1.54) is 10.4 Å². The van der Waals surface area contributed by atoms with Gasteiger partial charge < -0.3 is 0 Å². The standard InChI is InChI=1S/C10H10N2S/c1-7-3-4-9(11-5-7)10-12-6-8(2)13-10/h3-6H,1-2H3. The number of aryl methyl sites for hydroxylation is 2. The number of pyridine rings is 1. The molecule has 0 N–H and O–H groups in total. The first-order chi connectivity index (χ1) is 6.25. The lowest BCUT2D eigenvalue weighted by atomic mass is 10.3. The molecule has 2 aromatic rings. The molecule has 0 unspecified atom stereocenters. The van der Waals surface area contributed by atoms with Gasteiger partial charge in [0, 0.05) is 17.3 Å². The minimum atomic E-state index is 0.962. The Morgan fingerprint density at radius 2 is 1.92 bits per heavy atom. The molecule has 0 aromatic carbocycles. The van der Waals surface area contributed by atoms with E-state index >= 15 is 0 Å². The molecule has 0 aliphatic carbocycles. The molecule has 2 aromatic heterocycles. The van der Waals surface area contributed by atoms with Gasteiger partial charge in [0.15, 0.2) is 0 Å². The summed E-state index contributed by atoms with van der Waals surface area (Å²) in [6.45, 7) is 4.08. The van der Waals surface area contributed by atoms with Gasteiger partial charge in [-0.05, 0) is 25.5 Å². The molecule has 66 valence electrons. The number of aromatic nitrogens is 2. The van der Waals surface area contributed by atoms with Crippen molar-refractivity contribution >= 4 is 11.3 Å². The topological polar surface area (TPSA) is 25.8 Å². The molecule has 0 aliphatic rings. The summed E-state index contributed by atoms with van der Waals surface area (Å²) in [4.78, 5) is 9.80. The van der Waals surface area contributed by atoms with Crippen molar-refractivity contribution in [3.63, 3.8) is 0 Å². The molecule has 2 nitrogen and oxygen atoms in total. The van der Waals surface area contributed by atoms with Crippen LogP contribution in [0.3, 0.4) is 0 Å². The van der Waals surface area contributed by atoms with E-state index in [0.29, 0.717) is 0 Å². The fourth-order valence-corrected chi connectivity index (χ4v) is 1.81. The third-order valence-electron chi connectivity index (χ3n) is 1.75. The Balaban J connectivity index is 2.41. The lowest BCUT2D eigenvalue weighted by Gasteiger charge is -1.94. The predicted octanol–water partition coefficient (Wildman–Crippen LogP) is 2.82. The normalized spacial score (nSPS) is 10.3. The molecule has 0 saturated heterocycles. The lowest BCUT2D eigenvalue weighted by molar-refractivity contribution is 1.25. The van der Waals surface area contributed by atoms with E-state index in [9.17, 15) is 0 Å². The molecule has 0 bridgehead atoms. The van der Waals surface area contributed by atoms with Crippen LogP contribution in [0.25, 0.3) is 10.7 Å². The fourth-order valence-electron chi connectivity index (χ4n) is 1.07. The summed E-state index contributed by atoms with van der Waals surface area (Å²) < 4.78 is 0. The first kappa shape index (κ1) is 8.38. The van der Waals surface area contributed by atoms with Gasteiger partial charge >= 0.3 is 0 Å². The first-order valence-electron chi connectivity index (χ1n) is 4.11. The summed E-state index contributed by atoms with van der Waals surface area (Å²) in [5, 5.41) is 0.998. The van der Waals surface area contributed by atoms with Crippen LogP contribution in [0.15, 0.2) is 24.5 Å². The van der Waals surface area contributed by atoms with Gasteiger partial charge in [-0.2, -0.15) is 0 Å². The smallest absolute Gasteiger partial charge is 0.142 e. The van der Waals surface area contributed by atoms with Gasteiger partial charge in [-0.25, -0.2) is 4.98 Å². The monoisotopic (exact) mass is 190 g/mol. The summed E-state index contributed by atoms with van der Waals surface area (Å²) in [5.74, 6) is 0. The predicted molar refractivity (Wildman–Crippen MR) is 54.8 cm³/mol. The van der Waals surface area contributed by atoms with Gasteiger partial charge in [0.1, 0.15) is 5.01 Å². The molecule has 0 amide bonds. The van der Waals surface area contributed by atoms with Crippen molar-refractivity contribution in [2.24, 2.45) is 0 Å². The van der Waals surface area contributed by atoms with E-state index in [1.54, 1.807) is 11.3 Å². The Morgan fingerprint density at radius 1 is 1.08 bits per heavy atom. The van der Waals surface area contributed by atoms with Gasteiger partial charge in [0.2, 0.25) is 0 Å². The largest absolute Gasteiger partial charge is 0.253 e. The molecule has 0 atom stereocenters. The minimum absolute atomic E-state index is 0.962. The van der Waals surface area contributed by atoms with Gasteiger partial charge in [-0.15, -0.1) is 11.3 Å². The Labute approximate surface area is 81.3 Å². The Kier molecular flexibility index (Phi) is 2.10. The van der Waals surface area contributed by atoms with Crippen LogP contribution in [-0.2, 0) is 0 Å². The van der Waals surface area contributed by atoms with Crippen molar-refractivity contribution in [3.05, 3.63) is 35.0 Å². The summed E-state index contributed by atoms with van der Waals surface area (Å²) in [5.41, 5.74) is 2.14. The summed E-state index contributed by atoms with van der Waals surface area (Å²) in [6.07, 6.45) is 3.74. The number of rotatable bonds is 1. The quantitative estimate of drug-likeness (QED) is 0.691. The fraction of sp³-hybridized carbons (Fsp3) is 0.200. The molecule has 0 fully saturated rings. The zero-order valence-corrected chi connectivity index (χ0v) is 8.43. The van der Waals surface area contributed by atoms with Crippen LogP contribution in [0.5, 0.6) is 0 Å². The van der Waals surface area contributed by atoms with Crippen LogP contribution in [0.2, 0.25) is 0 Å². The summed E-state index contributed by atoms with van der Waals surface area (Å²) in [7, 11) is 0. The second-order valence-electron chi connectivity index (χ2n) is 3.00. The van der Waals surface area contributed by atoms with E-state index in [4.69, 9.17) is 0 Å². The number of hydrogen-bond acceptors (Lipinski definition) is 3. The van der Waals surface area contributed by atoms with E-state index in [2.05, 4.69) is 23.0 Å². The van der Waals surface area contributed by atoms with Crippen molar-refractivity contribution in [2.75, 3.05) is 0 Å². The van der Waals surface area contributed by atoms with Crippen LogP contribution in [0, 0.1) is 13.8 Å². The van der Waals surface area contributed by atoms with Gasteiger partial charge in [0.25, 0.3) is 0 Å². The molecule has 13 heavy (non-hydrogen) atoms. The molecule has 0 radical (unpaired) electrons. The number of thiazole rings is 1. The van der Waals surface area contributed by atoms with Crippen molar-refractivity contribution in [1.82, 2.24) is 9.97 Å². The highest BCUT2D eigenvalue weighted by molar-refractivity contribution is 7.14. The van der Waals surface area contributed by atoms with Crippen LogP contribution in [0.4, 0.5) is 0 Å². The highest BCUT2D eigenvalue weighted by Gasteiger charge is 2.02. The van der Waals surface area contributed by atoms with Crippen molar-refractivity contribution in [3.8, 4) is 10.7 Å². The van der Waals surface area contributed by atoms with Gasteiger partial charge in [-0.3, -0.25) is 4.98 Å². The van der Waals surface area contributed by atoms with Crippen molar-refractivity contribution in [2.45, 2.75) is 13.8 Å². The van der Waals surface area contributed by atoms with Crippen LogP contribution in [0.1, 0.15) is 10.4 Å². The maximum atomic E-state index is 4.31. The Morgan fingerprint density at radius 3 is 2.46 bits per heavy atom. The van der Waals surface area contributed by atoms with E-state index < -0.39 is 0 Å². The molecular weight excluding hydrogens is 180 g/mol. The average Bonchev–Trinajstić information content (AvgIpc) is 2.53. The second kappa shape index (κ2) is 3.26. The maximum Gasteiger partial charge on any atom is 0.142 e. The first-order valence-corrected chi connectivity index (χ1v) is 4.93. The van der Waals surface area contributed by atoms with Crippen LogP contribution in [-0.4, -0.2) is 9.97 Å². The van der Waals surface area contributed by atoms with Crippen molar-refractivity contribution in [1.29, 1.82) is 0 Å². The SMILES string of the molecule is Cc1ccc(-c2ncc(C)s2)nc1. The number of hydrogen-bond donors (Lipinski definition) is 0. The lowest BCUT2D eigenvalue weighted by Crippen LogP contribution is -1.81. The molecule has 0 spiro atoms. The van der Waals surface area contributed by atoms with Crippen LogP contribution >= 0.6 is 11.3 Å². The molecule has 0 aliphatic heterocycles. The highest BCUT2D eigenvalue weighted by Crippen LogP contribution is 2.22. The molecular formula is C10H10N2S. The number of nitrogens with zero attached hydrogens (tertiary/aromatic N) is 2. The molecule has 3 heteroatoms. The van der Waals surface area contributed by atoms with E-state index in [-0.39, 0.29) is 0 Å². The third kappa shape index (κ3) is 1.75.